The van der Waals surface area contributed by atoms with Crippen molar-refractivity contribution in [1.29, 1.82) is 0 Å². The minimum atomic E-state index is -3.31. The Labute approximate surface area is 190 Å². The fourth-order valence-corrected chi connectivity index (χ4v) is 5.33. The number of benzene rings is 2. The summed E-state index contributed by atoms with van der Waals surface area (Å²) >= 11 is 0. The molecule has 1 atom stereocenters. The van der Waals surface area contributed by atoms with Crippen molar-refractivity contribution in [3.8, 4) is 11.5 Å². The second-order valence-corrected chi connectivity index (χ2v) is 9.80. The van der Waals surface area contributed by atoms with Crippen LogP contribution >= 0.6 is 0 Å². The van der Waals surface area contributed by atoms with Crippen molar-refractivity contribution in [2.24, 2.45) is 0 Å². The molecule has 1 aliphatic heterocycles. The van der Waals surface area contributed by atoms with Crippen molar-refractivity contribution in [3.05, 3.63) is 59.2 Å². The molecule has 0 unspecified atom stereocenters. The van der Waals surface area contributed by atoms with Gasteiger partial charge in [-0.05, 0) is 69.0 Å². The molecule has 1 amide bonds. The minimum Gasteiger partial charge on any atom is -0.490 e. The zero-order chi connectivity index (χ0) is 23.1. The van der Waals surface area contributed by atoms with Crippen LogP contribution in [0.25, 0.3) is 0 Å². The minimum absolute atomic E-state index is 0.0440. The molecule has 0 bridgehead atoms. The smallest absolute Gasteiger partial charge is 0.251 e. The van der Waals surface area contributed by atoms with Crippen LogP contribution in [-0.2, 0) is 15.8 Å². The van der Waals surface area contributed by atoms with Crippen LogP contribution in [-0.4, -0.2) is 44.9 Å². The lowest BCUT2D eigenvalue weighted by Crippen LogP contribution is -2.29. The van der Waals surface area contributed by atoms with E-state index in [2.05, 4.69) is 5.32 Å². The number of nitrogens with zero attached hydrogens (tertiary/aromatic N) is 1. The normalized spacial score (nSPS) is 15.3. The van der Waals surface area contributed by atoms with Gasteiger partial charge in [0.05, 0.1) is 25.0 Å². The molecule has 1 fully saturated rings. The lowest BCUT2D eigenvalue weighted by atomic mass is 10.1. The topological polar surface area (TPSA) is 84.9 Å². The molecular weight excluding hydrogens is 428 g/mol. The molecule has 1 N–H and O–H groups in total. The van der Waals surface area contributed by atoms with Crippen molar-refractivity contribution < 1.29 is 22.7 Å². The maximum atomic E-state index is 12.7. The first kappa shape index (κ1) is 24.1. The standard InChI is InChI=1S/C24H32N2O5S/c1-4-30-22-13-12-21(16-23(22)31-5-2)18(3)25-24(27)20-10-8-19(9-11-20)17-32(28,29)26-14-6-7-15-26/h8-13,16,18H,4-7,14-15,17H2,1-3H3,(H,25,27)/t18-/m0/s1. The molecule has 1 saturated heterocycles. The fourth-order valence-electron chi connectivity index (χ4n) is 3.72. The first-order valence-electron chi connectivity index (χ1n) is 11.1. The summed E-state index contributed by atoms with van der Waals surface area (Å²) < 4.78 is 37.8. The molecule has 2 aromatic rings. The monoisotopic (exact) mass is 460 g/mol. The average Bonchev–Trinajstić information content (AvgIpc) is 3.31. The Morgan fingerprint density at radius 2 is 1.62 bits per heavy atom. The SMILES string of the molecule is CCOc1ccc([C@H](C)NC(=O)c2ccc(CS(=O)(=O)N3CCCC3)cc2)cc1OCC. The van der Waals surface area contributed by atoms with Gasteiger partial charge < -0.3 is 14.8 Å². The molecule has 0 saturated carbocycles. The largest absolute Gasteiger partial charge is 0.490 e. The molecule has 0 aromatic heterocycles. The summed E-state index contributed by atoms with van der Waals surface area (Å²) in [5, 5.41) is 2.98. The highest BCUT2D eigenvalue weighted by Crippen LogP contribution is 2.31. The number of hydrogen-bond donors (Lipinski definition) is 1. The van der Waals surface area contributed by atoms with Crippen LogP contribution in [0, 0.1) is 0 Å². The molecule has 32 heavy (non-hydrogen) atoms. The summed E-state index contributed by atoms with van der Waals surface area (Å²) in [7, 11) is -3.31. The highest BCUT2D eigenvalue weighted by Gasteiger charge is 2.25. The third-order valence-electron chi connectivity index (χ3n) is 5.44. The van der Waals surface area contributed by atoms with E-state index in [1.54, 1.807) is 28.6 Å². The van der Waals surface area contributed by atoms with Crippen LogP contribution in [0.5, 0.6) is 11.5 Å². The first-order valence-corrected chi connectivity index (χ1v) is 12.7. The molecule has 0 spiro atoms. The number of hydrogen-bond acceptors (Lipinski definition) is 5. The summed E-state index contributed by atoms with van der Waals surface area (Å²) in [6.45, 7) is 7.98. The van der Waals surface area contributed by atoms with Crippen molar-refractivity contribution in [2.45, 2.75) is 45.4 Å². The number of nitrogens with one attached hydrogen (secondary N) is 1. The Balaban J connectivity index is 1.64. The average molecular weight is 461 g/mol. The van der Waals surface area contributed by atoms with Gasteiger partial charge in [-0.3, -0.25) is 4.79 Å². The lowest BCUT2D eigenvalue weighted by molar-refractivity contribution is 0.0939. The van der Waals surface area contributed by atoms with E-state index in [1.165, 1.54) is 0 Å². The Bertz CT molecular complexity index is 1020. The van der Waals surface area contributed by atoms with Crippen molar-refractivity contribution in [2.75, 3.05) is 26.3 Å². The molecule has 1 aliphatic rings. The van der Waals surface area contributed by atoms with Crippen LogP contribution in [0.1, 0.15) is 61.1 Å². The Morgan fingerprint density at radius 3 is 2.25 bits per heavy atom. The molecule has 8 heteroatoms. The van der Waals surface area contributed by atoms with E-state index in [9.17, 15) is 13.2 Å². The van der Waals surface area contributed by atoms with Gasteiger partial charge in [-0.2, -0.15) is 0 Å². The second-order valence-electron chi connectivity index (χ2n) is 7.83. The third-order valence-corrected chi connectivity index (χ3v) is 7.29. The van der Waals surface area contributed by atoms with Gasteiger partial charge in [0.15, 0.2) is 11.5 Å². The molecular formula is C24H32N2O5S. The maximum absolute atomic E-state index is 12.7. The van der Waals surface area contributed by atoms with E-state index in [1.807, 2.05) is 39.0 Å². The number of rotatable bonds is 10. The highest BCUT2D eigenvalue weighted by molar-refractivity contribution is 7.88. The van der Waals surface area contributed by atoms with Gasteiger partial charge in [0, 0.05) is 18.7 Å². The second kappa shape index (κ2) is 10.8. The van der Waals surface area contributed by atoms with Crippen molar-refractivity contribution >= 4 is 15.9 Å². The Hall–Kier alpha value is -2.58. The van der Waals surface area contributed by atoms with E-state index < -0.39 is 10.0 Å². The number of carbonyl (C=O) groups is 1. The number of amides is 1. The molecule has 0 aliphatic carbocycles. The zero-order valence-electron chi connectivity index (χ0n) is 19.0. The molecule has 7 nitrogen and oxygen atoms in total. The van der Waals surface area contributed by atoms with Crippen LogP contribution in [0.2, 0.25) is 0 Å². The predicted molar refractivity (Wildman–Crippen MR) is 125 cm³/mol. The Kier molecular flexibility index (Phi) is 8.15. The number of ether oxygens (including phenoxy) is 2. The van der Waals surface area contributed by atoms with Crippen molar-refractivity contribution in [3.63, 3.8) is 0 Å². The van der Waals surface area contributed by atoms with Crippen LogP contribution in [0.4, 0.5) is 0 Å². The van der Waals surface area contributed by atoms with Gasteiger partial charge >= 0.3 is 0 Å². The van der Waals surface area contributed by atoms with Crippen LogP contribution in [0.15, 0.2) is 42.5 Å². The summed E-state index contributed by atoms with van der Waals surface area (Å²) in [6.07, 6.45) is 1.83. The van der Waals surface area contributed by atoms with E-state index in [-0.39, 0.29) is 17.7 Å². The maximum Gasteiger partial charge on any atom is 0.251 e. The quantitative estimate of drug-likeness (QED) is 0.581. The number of carbonyl (C=O) groups excluding carboxylic acids is 1. The fraction of sp³-hybridized carbons (Fsp3) is 0.458. The zero-order valence-corrected chi connectivity index (χ0v) is 19.8. The van der Waals surface area contributed by atoms with E-state index in [0.29, 0.717) is 48.9 Å². The molecule has 3 rings (SSSR count). The lowest BCUT2D eigenvalue weighted by Gasteiger charge is -2.18. The van der Waals surface area contributed by atoms with E-state index in [0.717, 1.165) is 18.4 Å². The number of sulfonamides is 1. The highest BCUT2D eigenvalue weighted by atomic mass is 32.2. The van der Waals surface area contributed by atoms with Gasteiger partial charge in [-0.15, -0.1) is 0 Å². The third kappa shape index (κ3) is 6.01. The Morgan fingerprint density at radius 1 is 1.00 bits per heavy atom. The van der Waals surface area contributed by atoms with Gasteiger partial charge in [-0.1, -0.05) is 18.2 Å². The summed E-state index contributed by atoms with van der Waals surface area (Å²) in [5.41, 5.74) is 2.06. The summed E-state index contributed by atoms with van der Waals surface area (Å²) in [6, 6.07) is 12.1. The van der Waals surface area contributed by atoms with Crippen molar-refractivity contribution in [1.82, 2.24) is 9.62 Å². The van der Waals surface area contributed by atoms with Gasteiger partial charge in [0.25, 0.3) is 5.91 Å². The van der Waals surface area contributed by atoms with E-state index >= 15 is 0 Å². The molecule has 174 valence electrons. The first-order chi connectivity index (χ1) is 15.3. The van der Waals surface area contributed by atoms with Crippen LogP contribution in [0.3, 0.4) is 0 Å². The van der Waals surface area contributed by atoms with Crippen LogP contribution < -0.4 is 14.8 Å². The summed E-state index contributed by atoms with van der Waals surface area (Å²) in [5.74, 6) is 1.06. The predicted octanol–water partition coefficient (Wildman–Crippen LogP) is 3.90. The van der Waals surface area contributed by atoms with Gasteiger partial charge in [0.2, 0.25) is 10.0 Å². The van der Waals surface area contributed by atoms with Gasteiger partial charge in [-0.25, -0.2) is 12.7 Å². The van der Waals surface area contributed by atoms with Gasteiger partial charge in [0.1, 0.15) is 0 Å². The molecule has 1 heterocycles. The van der Waals surface area contributed by atoms with E-state index in [4.69, 9.17) is 9.47 Å². The molecule has 2 aromatic carbocycles. The summed E-state index contributed by atoms with van der Waals surface area (Å²) in [4.78, 5) is 12.7. The molecule has 0 radical (unpaired) electrons.